The lowest BCUT2D eigenvalue weighted by Crippen LogP contribution is -2.12. The molecular weight excluding hydrogens is 338 g/mol. The van der Waals surface area contributed by atoms with Gasteiger partial charge in [0.25, 0.3) is 0 Å². The van der Waals surface area contributed by atoms with Crippen molar-refractivity contribution in [3.63, 3.8) is 0 Å². The number of rotatable bonds is 11. The zero-order chi connectivity index (χ0) is 15.5. The molecule has 0 bridgehead atoms. The highest BCUT2D eigenvalue weighted by Gasteiger charge is 2.06. The fourth-order valence-electron chi connectivity index (χ4n) is 1.65. The fraction of sp³-hybridized carbons (Fsp3) is 0.600. The van der Waals surface area contributed by atoms with Crippen LogP contribution < -0.4 is 10.5 Å². The second kappa shape index (κ2) is 11.0. The third-order valence-electron chi connectivity index (χ3n) is 2.76. The number of hydrogen-bond donors (Lipinski definition) is 1. The van der Waals surface area contributed by atoms with Crippen molar-refractivity contribution in [3.05, 3.63) is 28.2 Å². The Bertz CT molecular complexity index is 401. The summed E-state index contributed by atoms with van der Waals surface area (Å²) in [6, 6.07) is 5.80. The van der Waals surface area contributed by atoms with Crippen LogP contribution in [-0.2, 0) is 14.2 Å². The Kier molecular flexibility index (Phi) is 9.62. The lowest BCUT2D eigenvalue weighted by Gasteiger charge is -2.11. The van der Waals surface area contributed by atoms with Gasteiger partial charge in [-0.1, -0.05) is 22.0 Å². The van der Waals surface area contributed by atoms with E-state index >= 15 is 0 Å². The Morgan fingerprint density at radius 3 is 2.24 bits per heavy atom. The van der Waals surface area contributed by atoms with Crippen LogP contribution in [0.25, 0.3) is 0 Å². The van der Waals surface area contributed by atoms with Crippen molar-refractivity contribution in [1.82, 2.24) is 0 Å². The average Bonchev–Trinajstić information content (AvgIpc) is 2.45. The maximum Gasteiger partial charge on any atom is 0.120 e. The summed E-state index contributed by atoms with van der Waals surface area (Å²) >= 11 is 3.49. The van der Waals surface area contributed by atoms with Crippen LogP contribution in [0.5, 0.6) is 5.75 Å². The molecule has 1 aromatic carbocycles. The maximum atomic E-state index is 5.85. The highest BCUT2D eigenvalue weighted by atomic mass is 79.9. The van der Waals surface area contributed by atoms with Crippen LogP contribution in [-0.4, -0.2) is 46.8 Å². The van der Waals surface area contributed by atoms with Crippen LogP contribution in [0.2, 0.25) is 0 Å². The molecule has 0 aliphatic carbocycles. The van der Waals surface area contributed by atoms with E-state index in [9.17, 15) is 0 Å². The van der Waals surface area contributed by atoms with Gasteiger partial charge in [0.15, 0.2) is 0 Å². The van der Waals surface area contributed by atoms with Crippen molar-refractivity contribution in [2.75, 3.05) is 46.8 Å². The van der Waals surface area contributed by atoms with Crippen molar-refractivity contribution in [2.45, 2.75) is 13.0 Å². The van der Waals surface area contributed by atoms with Crippen molar-refractivity contribution in [3.8, 4) is 5.75 Å². The molecule has 6 heteroatoms. The number of methoxy groups -OCH3 is 1. The van der Waals surface area contributed by atoms with Crippen molar-refractivity contribution >= 4 is 15.9 Å². The molecule has 2 N–H and O–H groups in total. The van der Waals surface area contributed by atoms with E-state index in [1.807, 2.05) is 25.1 Å². The SMILES string of the molecule is COCCOCCOCCOc1ccc(C(C)N)c(Br)c1. The highest BCUT2D eigenvalue weighted by Crippen LogP contribution is 2.26. The van der Waals surface area contributed by atoms with Gasteiger partial charge in [-0.2, -0.15) is 0 Å². The van der Waals surface area contributed by atoms with Crippen LogP contribution in [0.15, 0.2) is 22.7 Å². The number of hydrogen-bond acceptors (Lipinski definition) is 5. The summed E-state index contributed by atoms with van der Waals surface area (Å²) in [4.78, 5) is 0. The zero-order valence-corrected chi connectivity index (χ0v) is 14.2. The minimum Gasteiger partial charge on any atom is -0.491 e. The molecule has 0 aromatic heterocycles. The van der Waals surface area contributed by atoms with Gasteiger partial charge in [-0.15, -0.1) is 0 Å². The van der Waals surface area contributed by atoms with Gasteiger partial charge in [-0.05, 0) is 24.6 Å². The van der Waals surface area contributed by atoms with Gasteiger partial charge in [0.2, 0.25) is 0 Å². The van der Waals surface area contributed by atoms with Crippen LogP contribution >= 0.6 is 15.9 Å². The molecule has 120 valence electrons. The molecule has 0 spiro atoms. The lowest BCUT2D eigenvalue weighted by atomic mass is 10.1. The average molecular weight is 362 g/mol. The Morgan fingerprint density at radius 1 is 1.05 bits per heavy atom. The first-order valence-corrected chi connectivity index (χ1v) is 7.76. The van der Waals surface area contributed by atoms with E-state index in [4.69, 9.17) is 24.7 Å². The van der Waals surface area contributed by atoms with Gasteiger partial charge in [0, 0.05) is 17.6 Å². The van der Waals surface area contributed by atoms with Crippen molar-refractivity contribution < 1.29 is 18.9 Å². The predicted molar refractivity (Wildman–Crippen MR) is 85.8 cm³/mol. The third-order valence-corrected chi connectivity index (χ3v) is 3.45. The van der Waals surface area contributed by atoms with Gasteiger partial charge < -0.3 is 24.7 Å². The van der Waals surface area contributed by atoms with Gasteiger partial charge in [-0.25, -0.2) is 0 Å². The van der Waals surface area contributed by atoms with Gasteiger partial charge in [-0.3, -0.25) is 0 Å². The molecular formula is C15H24BrNO4. The summed E-state index contributed by atoms with van der Waals surface area (Å²) in [5.41, 5.74) is 6.91. The smallest absolute Gasteiger partial charge is 0.120 e. The standard InChI is InChI=1S/C15H24BrNO4/c1-12(17)14-4-3-13(11-15(14)16)21-10-9-20-8-7-19-6-5-18-2/h3-4,11-12H,5-10,17H2,1-2H3. The summed E-state index contributed by atoms with van der Waals surface area (Å²) in [6.45, 7) is 5.30. The second-order valence-electron chi connectivity index (χ2n) is 4.54. The Hall–Kier alpha value is -0.660. The van der Waals surface area contributed by atoms with E-state index in [0.717, 1.165) is 15.8 Å². The molecule has 5 nitrogen and oxygen atoms in total. The molecule has 1 atom stereocenters. The second-order valence-corrected chi connectivity index (χ2v) is 5.39. The van der Waals surface area contributed by atoms with E-state index in [1.54, 1.807) is 7.11 Å². The van der Waals surface area contributed by atoms with Crippen LogP contribution in [0.1, 0.15) is 18.5 Å². The molecule has 0 fully saturated rings. The van der Waals surface area contributed by atoms with E-state index in [-0.39, 0.29) is 6.04 Å². The lowest BCUT2D eigenvalue weighted by molar-refractivity contribution is 0.0179. The first-order chi connectivity index (χ1) is 10.1. The summed E-state index contributed by atoms with van der Waals surface area (Å²) in [5.74, 6) is 0.797. The zero-order valence-electron chi connectivity index (χ0n) is 12.6. The molecule has 0 radical (unpaired) electrons. The summed E-state index contributed by atoms with van der Waals surface area (Å²) < 4.78 is 22.1. The van der Waals surface area contributed by atoms with Crippen molar-refractivity contribution in [2.24, 2.45) is 5.73 Å². The first kappa shape index (κ1) is 18.4. The molecule has 0 heterocycles. The normalized spacial score (nSPS) is 12.4. The molecule has 1 aromatic rings. The monoisotopic (exact) mass is 361 g/mol. The van der Waals surface area contributed by atoms with Gasteiger partial charge in [0.05, 0.1) is 33.0 Å². The number of nitrogens with two attached hydrogens (primary N) is 1. The highest BCUT2D eigenvalue weighted by molar-refractivity contribution is 9.10. The van der Waals surface area contributed by atoms with E-state index in [2.05, 4.69) is 15.9 Å². The molecule has 0 saturated carbocycles. The molecule has 1 unspecified atom stereocenters. The van der Waals surface area contributed by atoms with E-state index in [0.29, 0.717) is 39.6 Å². The van der Waals surface area contributed by atoms with E-state index in [1.165, 1.54) is 0 Å². The third kappa shape index (κ3) is 7.78. The molecule has 0 amide bonds. The van der Waals surface area contributed by atoms with Crippen molar-refractivity contribution in [1.29, 1.82) is 0 Å². The molecule has 0 aliphatic rings. The number of halogens is 1. The maximum absolute atomic E-state index is 5.85. The van der Waals surface area contributed by atoms with Crippen LogP contribution in [0, 0.1) is 0 Å². The van der Waals surface area contributed by atoms with Gasteiger partial charge in [0.1, 0.15) is 12.4 Å². The summed E-state index contributed by atoms with van der Waals surface area (Å²) in [7, 11) is 1.65. The molecule has 21 heavy (non-hydrogen) atoms. The predicted octanol–water partition coefficient (Wildman–Crippen LogP) is 2.53. The Balaban J connectivity index is 2.11. The molecule has 0 saturated heterocycles. The Morgan fingerprint density at radius 2 is 1.67 bits per heavy atom. The Labute approximate surface area is 134 Å². The first-order valence-electron chi connectivity index (χ1n) is 6.97. The summed E-state index contributed by atoms with van der Waals surface area (Å²) in [5, 5.41) is 0. The van der Waals surface area contributed by atoms with Crippen LogP contribution in [0.3, 0.4) is 0 Å². The fourth-order valence-corrected chi connectivity index (χ4v) is 2.37. The number of benzene rings is 1. The minimum absolute atomic E-state index is 0.00475. The van der Waals surface area contributed by atoms with Crippen LogP contribution in [0.4, 0.5) is 0 Å². The molecule has 0 aliphatic heterocycles. The summed E-state index contributed by atoms with van der Waals surface area (Å²) in [6.07, 6.45) is 0. The quantitative estimate of drug-likeness (QED) is 0.613. The van der Waals surface area contributed by atoms with E-state index < -0.39 is 0 Å². The largest absolute Gasteiger partial charge is 0.491 e. The number of ether oxygens (including phenoxy) is 4. The minimum atomic E-state index is -0.00475. The molecule has 1 rings (SSSR count). The topological polar surface area (TPSA) is 62.9 Å². The van der Waals surface area contributed by atoms with Gasteiger partial charge >= 0.3 is 0 Å².